The summed E-state index contributed by atoms with van der Waals surface area (Å²) in [4.78, 5) is 0. The van der Waals surface area contributed by atoms with E-state index >= 15 is 0 Å². The Morgan fingerprint density at radius 2 is 1.57 bits per heavy atom. The van der Waals surface area contributed by atoms with E-state index in [9.17, 15) is 5.11 Å². The number of methoxy groups -OCH3 is 1. The minimum Gasteiger partial charge on any atom is -0.507 e. The van der Waals surface area contributed by atoms with Crippen LogP contribution in [0.25, 0.3) is 11.3 Å². The summed E-state index contributed by atoms with van der Waals surface area (Å²) in [6.07, 6.45) is 1.90. The third kappa shape index (κ3) is 3.75. The van der Waals surface area contributed by atoms with Crippen molar-refractivity contribution in [2.45, 2.75) is 59.1 Å². The molecule has 0 aliphatic carbocycles. The van der Waals surface area contributed by atoms with E-state index in [1.807, 2.05) is 24.4 Å². The van der Waals surface area contributed by atoms with Crippen LogP contribution in [0.3, 0.4) is 0 Å². The molecule has 126 valence electrons. The van der Waals surface area contributed by atoms with Crippen LogP contribution in [0.2, 0.25) is 0 Å². The van der Waals surface area contributed by atoms with Crippen molar-refractivity contribution in [1.29, 1.82) is 0 Å². The summed E-state index contributed by atoms with van der Waals surface area (Å²) in [5.74, 6) is 0.394. The van der Waals surface area contributed by atoms with E-state index in [1.54, 1.807) is 11.8 Å². The molecule has 0 aliphatic heterocycles. The molecule has 0 atom stereocenters. The number of hydrogen-bond acceptors (Lipinski definition) is 3. The molecule has 0 amide bonds. The molecule has 0 saturated carbocycles. The Labute approximate surface area is 139 Å². The molecule has 0 bridgehead atoms. The predicted molar refractivity (Wildman–Crippen MR) is 93.7 cm³/mol. The molecule has 0 spiro atoms. The van der Waals surface area contributed by atoms with E-state index in [0.717, 1.165) is 22.4 Å². The fraction of sp³-hybridized carbons (Fsp3) is 0.526. The molecule has 4 heteroatoms. The summed E-state index contributed by atoms with van der Waals surface area (Å²) in [7, 11) is 1.65. The maximum Gasteiger partial charge on any atom is 0.138 e. The monoisotopic (exact) mass is 316 g/mol. The van der Waals surface area contributed by atoms with E-state index in [2.05, 4.69) is 46.6 Å². The second-order valence-electron chi connectivity index (χ2n) is 8.08. The predicted octanol–water partition coefficient (Wildman–Crippen LogP) is 4.45. The summed E-state index contributed by atoms with van der Waals surface area (Å²) < 4.78 is 6.87. The Hall–Kier alpha value is -1.81. The molecule has 1 aromatic heterocycles. The van der Waals surface area contributed by atoms with Gasteiger partial charge < -0.3 is 9.84 Å². The maximum absolute atomic E-state index is 10.8. The van der Waals surface area contributed by atoms with Crippen molar-refractivity contribution in [3.8, 4) is 17.0 Å². The van der Waals surface area contributed by atoms with Gasteiger partial charge in [0.25, 0.3) is 0 Å². The molecule has 23 heavy (non-hydrogen) atoms. The molecular formula is C19H28N2O2. The van der Waals surface area contributed by atoms with Crippen LogP contribution in [-0.4, -0.2) is 22.0 Å². The SMILES string of the molecule is COCn1ccc(-c2cc(C(C)(C)C)c(O)c(C(C)(C)C)c2)n1. The molecule has 2 rings (SSSR count). The smallest absolute Gasteiger partial charge is 0.138 e. The van der Waals surface area contributed by atoms with Gasteiger partial charge in [-0.2, -0.15) is 5.10 Å². The van der Waals surface area contributed by atoms with Crippen molar-refractivity contribution in [2.24, 2.45) is 0 Å². The second kappa shape index (κ2) is 6.00. The van der Waals surface area contributed by atoms with E-state index in [0.29, 0.717) is 12.5 Å². The van der Waals surface area contributed by atoms with Crippen molar-refractivity contribution in [1.82, 2.24) is 9.78 Å². The van der Waals surface area contributed by atoms with Gasteiger partial charge in [-0.25, -0.2) is 4.68 Å². The summed E-state index contributed by atoms with van der Waals surface area (Å²) in [5.41, 5.74) is 3.51. The van der Waals surface area contributed by atoms with Crippen molar-refractivity contribution in [2.75, 3.05) is 7.11 Å². The Bertz CT molecular complexity index is 653. The van der Waals surface area contributed by atoms with Gasteiger partial charge in [-0.1, -0.05) is 41.5 Å². The van der Waals surface area contributed by atoms with Gasteiger partial charge in [0.05, 0.1) is 5.69 Å². The Kier molecular flexibility index (Phi) is 4.58. The highest BCUT2D eigenvalue weighted by Crippen LogP contribution is 2.41. The zero-order valence-electron chi connectivity index (χ0n) is 15.3. The molecule has 1 heterocycles. The highest BCUT2D eigenvalue weighted by molar-refractivity contribution is 5.66. The van der Waals surface area contributed by atoms with Crippen LogP contribution >= 0.6 is 0 Å². The summed E-state index contributed by atoms with van der Waals surface area (Å²) in [6.45, 7) is 13.1. The normalized spacial score (nSPS) is 12.7. The van der Waals surface area contributed by atoms with Crippen LogP contribution in [0.1, 0.15) is 52.7 Å². The van der Waals surface area contributed by atoms with E-state index in [1.165, 1.54) is 0 Å². The van der Waals surface area contributed by atoms with E-state index in [4.69, 9.17) is 4.74 Å². The van der Waals surface area contributed by atoms with Crippen molar-refractivity contribution >= 4 is 0 Å². The minimum atomic E-state index is -0.144. The molecule has 4 nitrogen and oxygen atoms in total. The summed E-state index contributed by atoms with van der Waals surface area (Å²) >= 11 is 0. The average Bonchev–Trinajstić information content (AvgIpc) is 2.85. The molecule has 0 aliphatic rings. The zero-order chi connectivity index (χ0) is 17.4. The van der Waals surface area contributed by atoms with Crippen LogP contribution in [0.5, 0.6) is 5.75 Å². The first-order valence-electron chi connectivity index (χ1n) is 7.95. The Balaban J connectivity index is 2.64. The van der Waals surface area contributed by atoms with Gasteiger partial charge in [-0.05, 0) is 29.0 Å². The lowest BCUT2D eigenvalue weighted by atomic mass is 9.78. The number of phenols is 1. The van der Waals surface area contributed by atoms with Gasteiger partial charge >= 0.3 is 0 Å². The quantitative estimate of drug-likeness (QED) is 0.909. The fourth-order valence-corrected chi connectivity index (χ4v) is 2.65. The minimum absolute atomic E-state index is 0.144. The molecule has 0 unspecified atom stereocenters. The maximum atomic E-state index is 10.8. The highest BCUT2D eigenvalue weighted by Gasteiger charge is 2.27. The summed E-state index contributed by atoms with van der Waals surface area (Å²) in [5, 5.41) is 15.3. The third-order valence-corrected chi connectivity index (χ3v) is 3.92. The molecule has 1 aromatic carbocycles. The van der Waals surface area contributed by atoms with Crippen molar-refractivity contribution in [3.05, 3.63) is 35.5 Å². The number of nitrogens with zero attached hydrogens (tertiary/aromatic N) is 2. The molecule has 0 saturated heterocycles. The number of hydrogen-bond donors (Lipinski definition) is 1. The van der Waals surface area contributed by atoms with Gasteiger partial charge in [0, 0.05) is 30.0 Å². The summed E-state index contributed by atoms with van der Waals surface area (Å²) in [6, 6.07) is 6.07. The second-order valence-corrected chi connectivity index (χ2v) is 8.08. The Morgan fingerprint density at radius 1 is 1.04 bits per heavy atom. The first kappa shape index (κ1) is 17.5. The van der Waals surface area contributed by atoms with Crippen LogP contribution in [-0.2, 0) is 22.3 Å². The van der Waals surface area contributed by atoms with E-state index in [-0.39, 0.29) is 10.8 Å². The van der Waals surface area contributed by atoms with Crippen molar-refractivity contribution < 1.29 is 9.84 Å². The first-order valence-corrected chi connectivity index (χ1v) is 7.95. The van der Waals surface area contributed by atoms with Gasteiger partial charge in [-0.3, -0.25) is 0 Å². The lowest BCUT2D eigenvalue weighted by Gasteiger charge is -2.28. The number of phenolic OH excluding ortho intramolecular Hbond substituents is 1. The Morgan fingerprint density at radius 3 is 2.00 bits per heavy atom. The van der Waals surface area contributed by atoms with Crippen LogP contribution in [0.4, 0.5) is 0 Å². The van der Waals surface area contributed by atoms with Crippen LogP contribution < -0.4 is 0 Å². The number of ether oxygens (including phenoxy) is 1. The average molecular weight is 316 g/mol. The van der Waals surface area contributed by atoms with Crippen molar-refractivity contribution in [3.63, 3.8) is 0 Å². The molecular weight excluding hydrogens is 288 g/mol. The number of rotatable bonds is 3. The molecule has 0 radical (unpaired) electrons. The standard InChI is InChI=1S/C19H28N2O2/c1-18(2,3)14-10-13(11-15(17(14)22)19(4,5)6)16-8-9-21(20-16)12-23-7/h8-11,22H,12H2,1-7H3. The van der Waals surface area contributed by atoms with Gasteiger partial charge in [0.1, 0.15) is 12.5 Å². The molecule has 1 N–H and O–H groups in total. The fourth-order valence-electron chi connectivity index (χ4n) is 2.65. The van der Waals surface area contributed by atoms with E-state index < -0.39 is 0 Å². The first-order chi connectivity index (χ1) is 10.5. The topological polar surface area (TPSA) is 47.3 Å². The lowest BCUT2D eigenvalue weighted by molar-refractivity contribution is 0.121. The largest absolute Gasteiger partial charge is 0.507 e. The van der Waals surface area contributed by atoms with Gasteiger partial charge in [-0.15, -0.1) is 0 Å². The van der Waals surface area contributed by atoms with Crippen LogP contribution in [0, 0.1) is 0 Å². The number of benzene rings is 1. The highest BCUT2D eigenvalue weighted by atomic mass is 16.5. The molecule has 2 aromatic rings. The number of aromatic hydroxyl groups is 1. The lowest BCUT2D eigenvalue weighted by Crippen LogP contribution is -2.17. The van der Waals surface area contributed by atoms with Gasteiger partial charge in [0.15, 0.2) is 0 Å². The molecule has 0 fully saturated rings. The zero-order valence-corrected chi connectivity index (χ0v) is 15.3. The van der Waals surface area contributed by atoms with Crippen LogP contribution in [0.15, 0.2) is 24.4 Å². The van der Waals surface area contributed by atoms with Gasteiger partial charge in [0.2, 0.25) is 0 Å². The number of aromatic nitrogens is 2. The third-order valence-electron chi connectivity index (χ3n) is 3.92.